The zero-order valence-electron chi connectivity index (χ0n) is 5.39. The van der Waals surface area contributed by atoms with Crippen LogP contribution in [0.25, 0.3) is 0 Å². The molecular formula is C6H5NO3S. The smallest absolute Gasteiger partial charge is 0.323 e. The summed E-state index contributed by atoms with van der Waals surface area (Å²) in [4.78, 5) is 9.73. The summed E-state index contributed by atoms with van der Waals surface area (Å²) < 4.78 is 0. The Labute approximate surface area is 68.0 Å². The topological polar surface area (TPSA) is 63.4 Å². The maximum atomic E-state index is 10.2. The van der Waals surface area contributed by atoms with Crippen LogP contribution in [0.4, 0.5) is 5.69 Å². The summed E-state index contributed by atoms with van der Waals surface area (Å²) in [5.74, 6) is -0.359. The summed E-state index contributed by atoms with van der Waals surface area (Å²) in [6, 6.07) is 4.18. The van der Waals surface area contributed by atoms with Crippen molar-refractivity contribution in [1.82, 2.24) is 0 Å². The van der Waals surface area contributed by atoms with Crippen molar-refractivity contribution in [3.63, 3.8) is 0 Å². The van der Waals surface area contributed by atoms with Crippen LogP contribution in [0.1, 0.15) is 0 Å². The molecule has 1 aromatic rings. The van der Waals surface area contributed by atoms with Crippen LogP contribution in [0.5, 0.6) is 5.75 Å². The van der Waals surface area contributed by atoms with E-state index in [0.717, 1.165) is 0 Å². The summed E-state index contributed by atoms with van der Waals surface area (Å²) in [7, 11) is 0. The van der Waals surface area contributed by atoms with Gasteiger partial charge in [-0.25, -0.2) is 0 Å². The molecule has 0 bridgehead atoms. The van der Waals surface area contributed by atoms with Crippen LogP contribution in [0.2, 0.25) is 0 Å². The van der Waals surface area contributed by atoms with Crippen molar-refractivity contribution in [3.8, 4) is 5.75 Å². The third-order valence-corrected chi connectivity index (χ3v) is 1.54. The molecule has 58 valence electrons. The molecule has 1 aromatic carbocycles. The van der Waals surface area contributed by atoms with E-state index in [0.29, 0.717) is 0 Å². The average molecular weight is 171 g/mol. The number of nitro benzene ring substituents is 1. The molecule has 0 saturated heterocycles. The first-order chi connectivity index (χ1) is 5.13. The van der Waals surface area contributed by atoms with Crippen LogP contribution in [0.15, 0.2) is 23.1 Å². The van der Waals surface area contributed by atoms with Gasteiger partial charge in [0.1, 0.15) is 0 Å². The number of phenolic OH excluding ortho intramolecular Hbond substituents is 1. The zero-order chi connectivity index (χ0) is 8.43. The number of benzene rings is 1. The van der Waals surface area contributed by atoms with Crippen molar-refractivity contribution in [2.75, 3.05) is 0 Å². The first-order valence-corrected chi connectivity index (χ1v) is 3.23. The van der Waals surface area contributed by atoms with Crippen LogP contribution < -0.4 is 0 Å². The van der Waals surface area contributed by atoms with Crippen molar-refractivity contribution in [2.24, 2.45) is 0 Å². The van der Waals surface area contributed by atoms with Crippen LogP contribution >= 0.6 is 12.6 Å². The molecule has 11 heavy (non-hydrogen) atoms. The molecule has 0 aliphatic rings. The lowest BCUT2D eigenvalue weighted by Crippen LogP contribution is -1.89. The molecule has 0 unspecified atom stereocenters. The molecule has 0 amide bonds. The lowest BCUT2D eigenvalue weighted by Gasteiger charge is -1.96. The number of nitrogens with zero attached hydrogens (tertiary/aromatic N) is 1. The molecule has 0 saturated carbocycles. The predicted molar refractivity (Wildman–Crippen MR) is 42.0 cm³/mol. The van der Waals surface area contributed by atoms with Gasteiger partial charge in [0.25, 0.3) is 0 Å². The lowest BCUT2D eigenvalue weighted by molar-refractivity contribution is -0.388. The molecule has 5 heteroatoms. The minimum Gasteiger partial charge on any atom is -0.502 e. The Bertz CT molecular complexity index is 280. The third kappa shape index (κ3) is 1.43. The summed E-state index contributed by atoms with van der Waals surface area (Å²) in [6.07, 6.45) is 0. The number of hydrogen-bond acceptors (Lipinski definition) is 4. The second-order valence-corrected chi connectivity index (χ2v) is 2.38. The predicted octanol–water partition coefficient (Wildman–Crippen LogP) is 1.59. The van der Waals surface area contributed by atoms with Gasteiger partial charge >= 0.3 is 5.69 Å². The largest absolute Gasteiger partial charge is 0.502 e. The average Bonchev–Trinajstić information content (AvgIpc) is 1.85. The van der Waals surface area contributed by atoms with E-state index in [1.54, 1.807) is 0 Å². The van der Waals surface area contributed by atoms with Gasteiger partial charge in [-0.05, 0) is 12.1 Å². The van der Waals surface area contributed by atoms with E-state index in [-0.39, 0.29) is 16.3 Å². The number of aromatic hydroxyl groups is 1. The molecule has 0 aliphatic heterocycles. The molecule has 0 heterocycles. The van der Waals surface area contributed by atoms with Crippen molar-refractivity contribution in [2.45, 2.75) is 4.90 Å². The Balaban J connectivity index is 3.32. The Kier molecular flexibility index (Phi) is 2.00. The van der Waals surface area contributed by atoms with Gasteiger partial charge in [-0.1, -0.05) is 6.07 Å². The van der Waals surface area contributed by atoms with Crippen LogP contribution in [0.3, 0.4) is 0 Å². The van der Waals surface area contributed by atoms with E-state index in [1.165, 1.54) is 18.2 Å². The maximum absolute atomic E-state index is 10.2. The molecule has 1 N–H and O–H groups in total. The fraction of sp³-hybridized carbons (Fsp3) is 0. The molecule has 4 nitrogen and oxygen atoms in total. The number of thiol groups is 1. The highest BCUT2D eigenvalue weighted by Gasteiger charge is 2.15. The molecule has 0 atom stereocenters. The summed E-state index contributed by atoms with van der Waals surface area (Å²) in [5, 5.41) is 19.2. The number of phenols is 1. The highest BCUT2D eigenvalue weighted by Crippen LogP contribution is 2.31. The summed E-state index contributed by atoms with van der Waals surface area (Å²) in [6.45, 7) is 0. The molecule has 0 spiro atoms. The van der Waals surface area contributed by atoms with Crippen LogP contribution in [-0.4, -0.2) is 10.0 Å². The molecular weight excluding hydrogens is 166 g/mol. The standard InChI is InChI=1S/C6H5NO3S/c8-4-2-1-3-5(11)6(4)7(9)10/h1-3,8,11H. The normalized spacial score (nSPS) is 9.55. The number of nitro groups is 1. The van der Waals surface area contributed by atoms with Gasteiger partial charge in [0.15, 0.2) is 5.75 Å². The number of para-hydroxylation sites is 1. The fourth-order valence-corrected chi connectivity index (χ4v) is 0.989. The first-order valence-electron chi connectivity index (χ1n) is 2.78. The van der Waals surface area contributed by atoms with Gasteiger partial charge in [0.05, 0.1) is 9.82 Å². The zero-order valence-corrected chi connectivity index (χ0v) is 6.28. The quantitative estimate of drug-likeness (QED) is 0.383. The van der Waals surface area contributed by atoms with E-state index >= 15 is 0 Å². The van der Waals surface area contributed by atoms with Gasteiger partial charge in [0.2, 0.25) is 0 Å². The Morgan fingerprint density at radius 3 is 2.55 bits per heavy atom. The van der Waals surface area contributed by atoms with Crippen LogP contribution in [-0.2, 0) is 0 Å². The van der Waals surface area contributed by atoms with Crippen molar-refractivity contribution in [3.05, 3.63) is 28.3 Å². The van der Waals surface area contributed by atoms with Crippen molar-refractivity contribution >= 4 is 18.3 Å². The number of rotatable bonds is 1. The molecule has 0 aliphatic carbocycles. The first kappa shape index (κ1) is 7.87. The molecule has 0 aromatic heterocycles. The monoisotopic (exact) mass is 171 g/mol. The molecule has 1 rings (SSSR count). The third-order valence-electron chi connectivity index (χ3n) is 1.18. The van der Waals surface area contributed by atoms with E-state index < -0.39 is 4.92 Å². The lowest BCUT2D eigenvalue weighted by atomic mass is 10.3. The van der Waals surface area contributed by atoms with E-state index in [1.807, 2.05) is 0 Å². The van der Waals surface area contributed by atoms with Gasteiger partial charge in [-0.3, -0.25) is 10.1 Å². The van der Waals surface area contributed by atoms with Gasteiger partial charge in [-0.15, -0.1) is 12.6 Å². The van der Waals surface area contributed by atoms with Crippen molar-refractivity contribution < 1.29 is 10.0 Å². The SMILES string of the molecule is O=[N+]([O-])c1c(O)cccc1S. The minimum atomic E-state index is -0.669. The maximum Gasteiger partial charge on any atom is 0.323 e. The minimum absolute atomic E-state index is 0.162. The second-order valence-electron chi connectivity index (χ2n) is 1.90. The number of hydrogen-bond donors (Lipinski definition) is 2. The van der Waals surface area contributed by atoms with E-state index in [2.05, 4.69) is 12.6 Å². The second kappa shape index (κ2) is 2.79. The summed E-state index contributed by atoms with van der Waals surface area (Å²) in [5.41, 5.74) is -0.351. The van der Waals surface area contributed by atoms with E-state index in [4.69, 9.17) is 5.11 Å². The van der Waals surface area contributed by atoms with Crippen LogP contribution in [0, 0.1) is 10.1 Å². The highest BCUT2D eigenvalue weighted by atomic mass is 32.1. The van der Waals surface area contributed by atoms with Gasteiger partial charge < -0.3 is 5.11 Å². The van der Waals surface area contributed by atoms with Gasteiger partial charge in [0, 0.05) is 0 Å². The Morgan fingerprint density at radius 2 is 2.18 bits per heavy atom. The van der Waals surface area contributed by atoms with E-state index in [9.17, 15) is 10.1 Å². The Hall–Kier alpha value is -1.23. The molecule has 0 fully saturated rings. The van der Waals surface area contributed by atoms with Crippen molar-refractivity contribution in [1.29, 1.82) is 0 Å². The van der Waals surface area contributed by atoms with Gasteiger partial charge in [-0.2, -0.15) is 0 Å². The Morgan fingerprint density at radius 1 is 1.55 bits per heavy atom. The summed E-state index contributed by atoms with van der Waals surface area (Å²) >= 11 is 3.81. The molecule has 0 radical (unpaired) electrons. The fourth-order valence-electron chi connectivity index (χ4n) is 0.707. The highest BCUT2D eigenvalue weighted by molar-refractivity contribution is 7.80.